The first-order valence-electron chi connectivity index (χ1n) is 8.74. The third-order valence-electron chi connectivity index (χ3n) is 4.43. The van der Waals surface area contributed by atoms with E-state index < -0.39 is 0 Å². The Morgan fingerprint density at radius 2 is 1.24 bits per heavy atom. The molecular weight excluding hydrogens is 306 g/mol. The van der Waals surface area contributed by atoms with Crippen LogP contribution >= 0.6 is 0 Å². The van der Waals surface area contributed by atoms with Gasteiger partial charge in [-0.2, -0.15) is 0 Å². The summed E-state index contributed by atoms with van der Waals surface area (Å²) in [5.74, 6) is 0.0983. The van der Waals surface area contributed by atoms with Gasteiger partial charge in [0.05, 0.1) is 6.04 Å². The Morgan fingerprint density at radius 1 is 0.760 bits per heavy atom. The zero-order valence-corrected chi connectivity index (χ0v) is 14.4. The fourth-order valence-corrected chi connectivity index (χ4v) is 3.07. The highest BCUT2D eigenvalue weighted by molar-refractivity contribution is 6.00. The predicted octanol–water partition coefficient (Wildman–Crippen LogP) is 5.35. The van der Waals surface area contributed by atoms with Gasteiger partial charge in [-0.25, -0.2) is 0 Å². The number of carbonyl (C=O) groups is 1. The van der Waals surface area contributed by atoms with Crippen LogP contribution in [0, 0.1) is 0 Å². The third kappa shape index (κ3) is 4.23. The maximum Gasteiger partial charge on any atom is 0.184 e. The third-order valence-corrected chi connectivity index (χ3v) is 4.43. The topological polar surface area (TPSA) is 29.1 Å². The minimum Gasteiger partial charge on any atom is -0.297 e. The lowest BCUT2D eigenvalue weighted by Crippen LogP contribution is -2.32. The second-order valence-corrected chi connectivity index (χ2v) is 6.11. The van der Waals surface area contributed by atoms with Crippen LogP contribution in [0.5, 0.6) is 0 Å². The first-order chi connectivity index (χ1) is 12.3. The highest BCUT2D eigenvalue weighted by Crippen LogP contribution is 2.25. The maximum atomic E-state index is 13.2. The molecule has 0 spiro atoms. The van der Waals surface area contributed by atoms with Crippen molar-refractivity contribution in [2.45, 2.75) is 25.4 Å². The van der Waals surface area contributed by atoms with Crippen molar-refractivity contribution < 1.29 is 4.79 Å². The van der Waals surface area contributed by atoms with Gasteiger partial charge in [0.25, 0.3) is 0 Å². The Labute approximate surface area is 149 Å². The molecule has 0 aromatic heterocycles. The van der Waals surface area contributed by atoms with E-state index in [4.69, 9.17) is 0 Å². The van der Waals surface area contributed by atoms with Gasteiger partial charge in [0, 0.05) is 11.6 Å². The molecule has 0 unspecified atom stereocenters. The van der Waals surface area contributed by atoms with Gasteiger partial charge in [0.15, 0.2) is 5.78 Å². The van der Waals surface area contributed by atoms with E-state index >= 15 is 0 Å². The van der Waals surface area contributed by atoms with Gasteiger partial charge >= 0.3 is 0 Å². The van der Waals surface area contributed by atoms with Gasteiger partial charge in [0.1, 0.15) is 0 Å². The number of hydrogen-bond donors (Lipinski definition) is 1. The van der Waals surface area contributed by atoms with Crippen molar-refractivity contribution in [1.29, 1.82) is 0 Å². The average molecular weight is 329 g/mol. The first kappa shape index (κ1) is 17.1. The monoisotopic (exact) mass is 329 g/mol. The summed E-state index contributed by atoms with van der Waals surface area (Å²) in [6.07, 6.45) is 0.912. The van der Waals surface area contributed by atoms with Gasteiger partial charge in [0.2, 0.25) is 0 Å². The van der Waals surface area contributed by atoms with Gasteiger partial charge in [-0.15, -0.1) is 0 Å². The molecule has 126 valence electrons. The Hall–Kier alpha value is -2.71. The van der Waals surface area contributed by atoms with Crippen molar-refractivity contribution in [3.63, 3.8) is 0 Å². The standard InChI is InChI=1S/C23H23NO/c1-2-21(18-12-6-3-7-13-18)24-22(19-14-8-4-9-15-19)23(25)20-16-10-5-11-17-20/h3-17,21-22,24H,2H2,1H3/t21-,22+/m1/s1. The largest absolute Gasteiger partial charge is 0.297 e. The van der Waals surface area contributed by atoms with Crippen molar-refractivity contribution in [3.05, 3.63) is 108 Å². The summed E-state index contributed by atoms with van der Waals surface area (Å²) < 4.78 is 0. The van der Waals surface area contributed by atoms with Crippen LogP contribution in [0.2, 0.25) is 0 Å². The average Bonchev–Trinajstić information content (AvgIpc) is 2.70. The summed E-state index contributed by atoms with van der Waals surface area (Å²) in [5.41, 5.74) is 2.92. The number of benzene rings is 3. The molecule has 2 nitrogen and oxygen atoms in total. The van der Waals surface area contributed by atoms with Crippen LogP contribution in [0.1, 0.15) is 46.9 Å². The van der Waals surface area contributed by atoms with Crippen LogP contribution in [0.3, 0.4) is 0 Å². The van der Waals surface area contributed by atoms with E-state index in [9.17, 15) is 4.79 Å². The summed E-state index contributed by atoms with van der Waals surface area (Å²) in [4.78, 5) is 13.2. The smallest absolute Gasteiger partial charge is 0.184 e. The van der Waals surface area contributed by atoms with Gasteiger partial charge in [-0.05, 0) is 17.5 Å². The van der Waals surface area contributed by atoms with Gasteiger partial charge in [-0.1, -0.05) is 97.9 Å². The van der Waals surface area contributed by atoms with Crippen LogP contribution in [0.4, 0.5) is 0 Å². The lowest BCUT2D eigenvalue weighted by molar-refractivity contribution is 0.0935. The first-order valence-corrected chi connectivity index (χ1v) is 8.74. The molecule has 0 aliphatic carbocycles. The van der Waals surface area contributed by atoms with Crippen molar-refractivity contribution in [2.24, 2.45) is 0 Å². The van der Waals surface area contributed by atoms with E-state index in [1.165, 1.54) is 5.56 Å². The van der Waals surface area contributed by atoms with Crippen LogP contribution in [-0.2, 0) is 0 Å². The molecule has 0 heterocycles. The van der Waals surface area contributed by atoms with Crippen molar-refractivity contribution >= 4 is 5.78 Å². The molecule has 0 bridgehead atoms. The van der Waals surface area contributed by atoms with E-state index in [2.05, 4.69) is 24.4 Å². The molecule has 3 aromatic carbocycles. The molecule has 0 radical (unpaired) electrons. The second kappa shape index (κ2) is 8.41. The zero-order chi connectivity index (χ0) is 17.5. The van der Waals surface area contributed by atoms with E-state index in [1.54, 1.807) is 0 Å². The molecule has 0 aliphatic heterocycles. The lowest BCUT2D eigenvalue weighted by atomic mass is 9.94. The molecule has 2 heteroatoms. The fourth-order valence-electron chi connectivity index (χ4n) is 3.07. The number of ketones is 1. The lowest BCUT2D eigenvalue weighted by Gasteiger charge is -2.25. The number of nitrogens with one attached hydrogen (secondary N) is 1. The quantitative estimate of drug-likeness (QED) is 0.592. The van der Waals surface area contributed by atoms with E-state index in [0.717, 1.165) is 17.5 Å². The van der Waals surface area contributed by atoms with Gasteiger partial charge in [-0.3, -0.25) is 10.1 Å². The van der Waals surface area contributed by atoms with Crippen LogP contribution < -0.4 is 5.32 Å². The number of rotatable bonds is 7. The number of carbonyl (C=O) groups excluding carboxylic acids is 1. The van der Waals surface area contributed by atoms with Crippen molar-refractivity contribution in [1.82, 2.24) is 5.32 Å². The van der Waals surface area contributed by atoms with Crippen molar-refractivity contribution in [3.8, 4) is 0 Å². The molecule has 3 aromatic rings. The second-order valence-electron chi connectivity index (χ2n) is 6.11. The Morgan fingerprint density at radius 3 is 1.76 bits per heavy atom. The van der Waals surface area contributed by atoms with Crippen LogP contribution in [-0.4, -0.2) is 5.78 Å². The van der Waals surface area contributed by atoms with Crippen LogP contribution in [0.15, 0.2) is 91.0 Å². The summed E-state index contributed by atoms with van der Waals surface area (Å²) in [6.45, 7) is 2.14. The minimum atomic E-state index is -0.367. The predicted molar refractivity (Wildman–Crippen MR) is 103 cm³/mol. The van der Waals surface area contributed by atoms with Crippen molar-refractivity contribution in [2.75, 3.05) is 0 Å². The molecule has 1 N–H and O–H groups in total. The SMILES string of the molecule is CC[C@@H](N[C@H](C(=O)c1ccccc1)c1ccccc1)c1ccccc1. The molecule has 0 saturated heterocycles. The molecule has 0 amide bonds. The summed E-state index contributed by atoms with van der Waals surface area (Å²) in [6, 6.07) is 29.5. The summed E-state index contributed by atoms with van der Waals surface area (Å²) >= 11 is 0. The normalized spacial score (nSPS) is 13.2. The summed E-state index contributed by atoms with van der Waals surface area (Å²) in [5, 5.41) is 3.59. The van der Waals surface area contributed by atoms with Crippen LogP contribution in [0.25, 0.3) is 0 Å². The van der Waals surface area contributed by atoms with E-state index in [-0.39, 0.29) is 17.9 Å². The fraction of sp³-hybridized carbons (Fsp3) is 0.174. The summed E-state index contributed by atoms with van der Waals surface area (Å²) in [7, 11) is 0. The Bertz CT molecular complexity index is 784. The van der Waals surface area contributed by atoms with Gasteiger partial charge < -0.3 is 0 Å². The molecular formula is C23H23NO. The highest BCUT2D eigenvalue weighted by Gasteiger charge is 2.24. The Kier molecular flexibility index (Phi) is 5.76. The maximum absolute atomic E-state index is 13.2. The van der Waals surface area contributed by atoms with E-state index in [1.807, 2.05) is 78.9 Å². The number of Topliss-reactive ketones (excluding diaryl/α,β-unsaturated/α-hetero) is 1. The molecule has 25 heavy (non-hydrogen) atoms. The molecule has 0 aliphatic rings. The number of hydrogen-bond acceptors (Lipinski definition) is 2. The zero-order valence-electron chi connectivity index (χ0n) is 14.4. The minimum absolute atomic E-state index is 0.0983. The molecule has 3 rings (SSSR count). The highest BCUT2D eigenvalue weighted by atomic mass is 16.1. The Balaban J connectivity index is 1.93. The molecule has 0 fully saturated rings. The molecule has 0 saturated carbocycles. The molecule has 2 atom stereocenters. The van der Waals surface area contributed by atoms with E-state index in [0.29, 0.717) is 0 Å².